The minimum absolute atomic E-state index is 0.0446. The second kappa shape index (κ2) is 6.04. The van der Waals surface area contributed by atoms with Gasteiger partial charge in [0.05, 0.1) is 12.5 Å². The summed E-state index contributed by atoms with van der Waals surface area (Å²) in [5.41, 5.74) is 3.17. The predicted octanol–water partition coefficient (Wildman–Crippen LogP) is 4.40. The number of carbonyl (C=O) groups excluding carboxylic acids is 1. The summed E-state index contributed by atoms with van der Waals surface area (Å²) < 4.78 is 5.31. The van der Waals surface area contributed by atoms with Crippen LogP contribution in [0, 0.1) is 6.92 Å². The number of carbonyl (C=O) groups is 1. The van der Waals surface area contributed by atoms with Crippen LogP contribution in [0.2, 0.25) is 0 Å². The van der Waals surface area contributed by atoms with Gasteiger partial charge in [0, 0.05) is 22.8 Å². The summed E-state index contributed by atoms with van der Waals surface area (Å²) in [4.78, 5) is 16.1. The number of H-pyrrole nitrogens is 1. The Kier molecular flexibility index (Phi) is 4.06. The first-order valence-corrected chi connectivity index (χ1v) is 7.95. The van der Waals surface area contributed by atoms with Crippen LogP contribution in [0.15, 0.2) is 48.7 Å². The molecule has 3 rings (SSSR count). The first-order valence-electron chi connectivity index (χ1n) is 7.95. The minimum Gasteiger partial charge on any atom is -0.497 e. The van der Waals surface area contributed by atoms with E-state index < -0.39 is 5.41 Å². The van der Waals surface area contributed by atoms with Crippen molar-refractivity contribution in [2.45, 2.75) is 26.2 Å². The molecule has 0 bridgehead atoms. The summed E-state index contributed by atoms with van der Waals surface area (Å²) in [6.07, 6.45) is 1.90. The maximum atomic E-state index is 12.9. The van der Waals surface area contributed by atoms with Gasteiger partial charge in [0.2, 0.25) is 5.91 Å². The van der Waals surface area contributed by atoms with Crippen LogP contribution in [-0.2, 0) is 10.2 Å². The number of aromatic amines is 1. The molecular formula is C20H22N2O2. The van der Waals surface area contributed by atoms with Gasteiger partial charge in [-0.25, -0.2) is 0 Å². The summed E-state index contributed by atoms with van der Waals surface area (Å²) in [5.74, 6) is 0.732. The smallest absolute Gasteiger partial charge is 0.234 e. The quantitative estimate of drug-likeness (QED) is 0.748. The third kappa shape index (κ3) is 2.87. The molecule has 4 nitrogen and oxygen atoms in total. The van der Waals surface area contributed by atoms with E-state index in [2.05, 4.69) is 10.3 Å². The zero-order valence-corrected chi connectivity index (χ0v) is 14.4. The van der Waals surface area contributed by atoms with Crippen molar-refractivity contribution < 1.29 is 9.53 Å². The van der Waals surface area contributed by atoms with Gasteiger partial charge >= 0.3 is 0 Å². The number of nitrogens with one attached hydrogen (secondary N) is 2. The van der Waals surface area contributed by atoms with Gasteiger partial charge < -0.3 is 15.0 Å². The first kappa shape index (κ1) is 16.1. The third-order valence-corrected chi connectivity index (χ3v) is 4.41. The van der Waals surface area contributed by atoms with Crippen LogP contribution in [0.25, 0.3) is 10.9 Å². The van der Waals surface area contributed by atoms with E-state index in [0.29, 0.717) is 0 Å². The number of anilines is 1. The molecule has 0 aliphatic carbocycles. The number of aromatic nitrogens is 1. The maximum absolute atomic E-state index is 12.9. The van der Waals surface area contributed by atoms with Crippen LogP contribution in [0.3, 0.4) is 0 Å². The Hall–Kier alpha value is -2.75. The topological polar surface area (TPSA) is 54.1 Å². The lowest BCUT2D eigenvalue weighted by molar-refractivity contribution is -0.120. The molecule has 0 radical (unpaired) electrons. The third-order valence-electron chi connectivity index (χ3n) is 4.41. The summed E-state index contributed by atoms with van der Waals surface area (Å²) in [7, 11) is 1.64. The van der Waals surface area contributed by atoms with Crippen molar-refractivity contribution in [1.82, 2.24) is 4.98 Å². The fourth-order valence-corrected chi connectivity index (χ4v) is 2.88. The molecule has 1 heterocycles. The molecule has 0 atom stereocenters. The summed E-state index contributed by atoms with van der Waals surface area (Å²) >= 11 is 0. The Morgan fingerprint density at radius 2 is 1.96 bits per heavy atom. The van der Waals surface area contributed by atoms with Crippen molar-refractivity contribution in [3.63, 3.8) is 0 Å². The molecule has 1 amide bonds. The van der Waals surface area contributed by atoms with Crippen molar-refractivity contribution in [3.8, 4) is 5.75 Å². The molecule has 24 heavy (non-hydrogen) atoms. The highest BCUT2D eigenvalue weighted by Gasteiger charge is 2.32. The van der Waals surface area contributed by atoms with Crippen LogP contribution in [0.1, 0.15) is 25.0 Å². The molecule has 2 N–H and O–H groups in total. The van der Waals surface area contributed by atoms with Gasteiger partial charge in [-0.05, 0) is 62.2 Å². The Labute approximate surface area is 141 Å². The number of aryl methyl sites for hydroxylation is 1. The van der Waals surface area contributed by atoms with Crippen molar-refractivity contribution in [2.75, 3.05) is 12.4 Å². The van der Waals surface area contributed by atoms with Crippen molar-refractivity contribution in [2.24, 2.45) is 0 Å². The van der Waals surface area contributed by atoms with Crippen LogP contribution in [0.4, 0.5) is 5.69 Å². The predicted molar refractivity (Wildman–Crippen MR) is 97.7 cm³/mol. The van der Waals surface area contributed by atoms with E-state index in [1.54, 1.807) is 7.11 Å². The molecule has 3 aromatic rings. The lowest BCUT2D eigenvalue weighted by Gasteiger charge is -2.23. The molecule has 2 aromatic carbocycles. The monoisotopic (exact) mass is 322 g/mol. The number of amides is 1. The van der Waals surface area contributed by atoms with E-state index in [1.807, 2.05) is 69.4 Å². The van der Waals surface area contributed by atoms with Gasteiger partial charge in [0.1, 0.15) is 5.75 Å². The number of hydrogen-bond acceptors (Lipinski definition) is 2. The zero-order valence-electron chi connectivity index (χ0n) is 14.4. The van der Waals surface area contributed by atoms with Crippen LogP contribution >= 0.6 is 0 Å². The molecule has 1 aromatic heterocycles. The van der Waals surface area contributed by atoms with Crippen molar-refractivity contribution in [1.29, 1.82) is 0 Å². The van der Waals surface area contributed by atoms with Gasteiger partial charge in [-0.1, -0.05) is 12.1 Å². The molecular weight excluding hydrogens is 300 g/mol. The van der Waals surface area contributed by atoms with Gasteiger partial charge in [-0.15, -0.1) is 0 Å². The standard InChI is InChI=1S/C20H22N2O2/c1-13-6-5-7-14(10-13)22-19(23)20(2,3)17-12-21-18-9-8-15(24-4)11-16(17)18/h5-12,21H,1-4H3,(H,22,23). The van der Waals surface area contributed by atoms with Crippen LogP contribution < -0.4 is 10.1 Å². The van der Waals surface area contributed by atoms with Crippen LogP contribution in [-0.4, -0.2) is 18.0 Å². The van der Waals surface area contributed by atoms with Crippen molar-refractivity contribution >= 4 is 22.5 Å². The maximum Gasteiger partial charge on any atom is 0.234 e. The number of benzene rings is 2. The minimum atomic E-state index is -0.686. The highest BCUT2D eigenvalue weighted by Crippen LogP contribution is 2.33. The number of hydrogen-bond donors (Lipinski definition) is 2. The zero-order chi connectivity index (χ0) is 17.3. The normalized spacial score (nSPS) is 11.5. The molecule has 124 valence electrons. The largest absolute Gasteiger partial charge is 0.497 e. The van der Waals surface area contributed by atoms with Gasteiger partial charge in [0.15, 0.2) is 0 Å². The van der Waals surface area contributed by atoms with E-state index in [4.69, 9.17) is 4.74 Å². The van der Waals surface area contributed by atoms with E-state index in [1.165, 1.54) is 0 Å². The fourth-order valence-electron chi connectivity index (χ4n) is 2.88. The second-order valence-electron chi connectivity index (χ2n) is 6.56. The number of rotatable bonds is 4. The van der Waals surface area contributed by atoms with Crippen molar-refractivity contribution in [3.05, 3.63) is 59.8 Å². The molecule has 0 aliphatic rings. The fraction of sp³-hybridized carbons (Fsp3) is 0.250. The van der Waals surface area contributed by atoms with Gasteiger partial charge in [-0.2, -0.15) is 0 Å². The average Bonchev–Trinajstić information content (AvgIpc) is 2.98. The lowest BCUT2D eigenvalue weighted by Crippen LogP contribution is -2.34. The number of ether oxygens (including phenoxy) is 1. The first-order chi connectivity index (χ1) is 11.4. The Balaban J connectivity index is 1.96. The summed E-state index contributed by atoms with van der Waals surface area (Å²) in [5, 5.41) is 4.02. The SMILES string of the molecule is COc1ccc2[nH]cc(C(C)(C)C(=O)Nc3cccc(C)c3)c2c1. The highest BCUT2D eigenvalue weighted by atomic mass is 16.5. The van der Waals surface area contributed by atoms with E-state index in [0.717, 1.165) is 33.5 Å². The molecule has 4 heteroatoms. The Bertz CT molecular complexity index is 894. The Morgan fingerprint density at radius 3 is 2.67 bits per heavy atom. The molecule has 0 aliphatic heterocycles. The molecule has 0 fully saturated rings. The molecule has 0 spiro atoms. The van der Waals surface area contributed by atoms with Gasteiger partial charge in [0.25, 0.3) is 0 Å². The number of methoxy groups -OCH3 is 1. The highest BCUT2D eigenvalue weighted by molar-refractivity contribution is 6.02. The van der Waals surface area contributed by atoms with E-state index in [9.17, 15) is 4.79 Å². The molecule has 0 saturated carbocycles. The average molecular weight is 322 g/mol. The second-order valence-corrected chi connectivity index (χ2v) is 6.56. The lowest BCUT2D eigenvalue weighted by atomic mass is 9.83. The van der Waals surface area contributed by atoms with E-state index in [-0.39, 0.29) is 5.91 Å². The van der Waals surface area contributed by atoms with Gasteiger partial charge in [-0.3, -0.25) is 4.79 Å². The number of fused-ring (bicyclic) bond motifs is 1. The Morgan fingerprint density at radius 1 is 1.17 bits per heavy atom. The van der Waals surface area contributed by atoms with E-state index >= 15 is 0 Å². The molecule has 0 saturated heterocycles. The molecule has 0 unspecified atom stereocenters. The summed E-state index contributed by atoms with van der Waals surface area (Å²) in [6, 6.07) is 13.6. The van der Waals surface area contributed by atoms with Crippen LogP contribution in [0.5, 0.6) is 5.75 Å². The summed E-state index contributed by atoms with van der Waals surface area (Å²) in [6.45, 7) is 5.87.